The molecule has 2 aromatic rings. The normalized spacial score (nSPS) is 17.4. The van der Waals surface area contributed by atoms with Crippen LogP contribution in [0.1, 0.15) is 40.9 Å². The fourth-order valence-corrected chi connectivity index (χ4v) is 3.07. The van der Waals surface area contributed by atoms with Crippen molar-refractivity contribution >= 4 is 11.5 Å². The number of nitrogens with one attached hydrogen (secondary N) is 1. The second-order valence-corrected chi connectivity index (χ2v) is 6.67. The van der Waals surface area contributed by atoms with Crippen LogP contribution in [-0.2, 0) is 13.0 Å². The number of carbonyl (C=O) groups excluding carboxylic acids is 1. The molecule has 0 aliphatic carbocycles. The molecular formula is C20H22N2O. The first kappa shape index (κ1) is 15.5. The van der Waals surface area contributed by atoms with E-state index in [2.05, 4.69) is 31.3 Å². The Hall–Kier alpha value is -2.39. The molecule has 1 aliphatic heterocycles. The largest absolute Gasteiger partial charge is 0.379 e. The maximum absolute atomic E-state index is 12.5. The highest BCUT2D eigenvalue weighted by Gasteiger charge is 2.28. The van der Waals surface area contributed by atoms with E-state index in [-0.39, 0.29) is 11.3 Å². The van der Waals surface area contributed by atoms with Crippen LogP contribution in [-0.4, -0.2) is 11.3 Å². The van der Waals surface area contributed by atoms with E-state index in [1.165, 1.54) is 5.56 Å². The van der Waals surface area contributed by atoms with Gasteiger partial charge < -0.3 is 11.1 Å². The first-order valence-electron chi connectivity index (χ1n) is 7.90. The quantitative estimate of drug-likeness (QED) is 0.676. The predicted octanol–water partition coefficient (Wildman–Crippen LogP) is 3.29. The maximum atomic E-state index is 12.5. The van der Waals surface area contributed by atoms with Crippen molar-refractivity contribution in [2.24, 2.45) is 5.73 Å². The lowest BCUT2D eigenvalue weighted by molar-refractivity contribution is 0.104. The molecule has 1 aliphatic rings. The number of fused-ring (bicyclic) bond motifs is 1. The van der Waals surface area contributed by atoms with E-state index in [0.717, 1.165) is 23.2 Å². The molecule has 0 saturated carbocycles. The van der Waals surface area contributed by atoms with Crippen LogP contribution in [0.3, 0.4) is 0 Å². The van der Waals surface area contributed by atoms with Crippen LogP contribution in [0.5, 0.6) is 0 Å². The van der Waals surface area contributed by atoms with Gasteiger partial charge in [0.05, 0.1) is 0 Å². The van der Waals surface area contributed by atoms with E-state index in [1.807, 2.05) is 36.4 Å². The number of carbonyl (C=O) groups is 1. The topological polar surface area (TPSA) is 55.1 Å². The van der Waals surface area contributed by atoms with Gasteiger partial charge in [0, 0.05) is 35.0 Å². The molecule has 23 heavy (non-hydrogen) atoms. The number of ketones is 1. The SMILES string of the molecule is CC1(C)Cc2cc(CN)ccc2C(=CC(=O)c2ccccc2)N1. The highest BCUT2D eigenvalue weighted by Crippen LogP contribution is 2.30. The third-order valence-corrected chi connectivity index (χ3v) is 4.13. The number of allylic oxidation sites excluding steroid dienone is 1. The molecule has 3 rings (SSSR count). The lowest BCUT2D eigenvalue weighted by Crippen LogP contribution is -2.44. The molecule has 2 aromatic carbocycles. The molecule has 3 N–H and O–H groups in total. The predicted molar refractivity (Wildman–Crippen MR) is 94.0 cm³/mol. The monoisotopic (exact) mass is 306 g/mol. The second kappa shape index (κ2) is 6.01. The van der Waals surface area contributed by atoms with Crippen molar-refractivity contribution in [3.8, 4) is 0 Å². The van der Waals surface area contributed by atoms with Crippen LogP contribution in [0, 0.1) is 0 Å². The minimum absolute atomic E-state index is 0.0136. The van der Waals surface area contributed by atoms with Crippen LogP contribution < -0.4 is 11.1 Å². The van der Waals surface area contributed by atoms with Crippen molar-refractivity contribution in [1.82, 2.24) is 5.32 Å². The number of hydrogen-bond acceptors (Lipinski definition) is 3. The van der Waals surface area contributed by atoms with E-state index in [9.17, 15) is 4.79 Å². The summed E-state index contributed by atoms with van der Waals surface area (Å²) in [6.07, 6.45) is 2.62. The summed E-state index contributed by atoms with van der Waals surface area (Å²) in [5, 5.41) is 3.50. The third-order valence-electron chi connectivity index (χ3n) is 4.13. The van der Waals surface area contributed by atoms with Crippen molar-refractivity contribution in [2.75, 3.05) is 0 Å². The molecule has 3 nitrogen and oxygen atoms in total. The van der Waals surface area contributed by atoms with E-state index in [0.29, 0.717) is 12.1 Å². The Morgan fingerprint density at radius 3 is 2.65 bits per heavy atom. The van der Waals surface area contributed by atoms with Crippen LogP contribution in [0.25, 0.3) is 5.70 Å². The van der Waals surface area contributed by atoms with Crippen molar-refractivity contribution < 1.29 is 4.79 Å². The van der Waals surface area contributed by atoms with Crippen molar-refractivity contribution in [3.63, 3.8) is 0 Å². The zero-order valence-corrected chi connectivity index (χ0v) is 13.6. The van der Waals surface area contributed by atoms with Crippen LogP contribution in [0.15, 0.2) is 54.6 Å². The third kappa shape index (κ3) is 3.35. The molecule has 0 fully saturated rings. The molecule has 0 saturated heterocycles. The summed E-state index contributed by atoms with van der Waals surface area (Å²) >= 11 is 0. The molecule has 0 spiro atoms. The number of hydrogen-bond donors (Lipinski definition) is 2. The summed E-state index contributed by atoms with van der Waals surface area (Å²) in [5.74, 6) is 0.0136. The Labute approximate surface area is 137 Å². The fourth-order valence-electron chi connectivity index (χ4n) is 3.07. The molecule has 0 atom stereocenters. The van der Waals surface area contributed by atoms with Crippen molar-refractivity contribution in [2.45, 2.75) is 32.4 Å². The average molecular weight is 306 g/mol. The lowest BCUT2D eigenvalue weighted by atomic mass is 9.84. The summed E-state index contributed by atoms with van der Waals surface area (Å²) in [7, 11) is 0. The van der Waals surface area contributed by atoms with Crippen LogP contribution in [0.4, 0.5) is 0 Å². The summed E-state index contributed by atoms with van der Waals surface area (Å²) < 4.78 is 0. The minimum Gasteiger partial charge on any atom is -0.379 e. The number of benzene rings is 2. The van der Waals surface area contributed by atoms with Crippen molar-refractivity contribution in [1.29, 1.82) is 0 Å². The van der Waals surface area contributed by atoms with Gasteiger partial charge >= 0.3 is 0 Å². The summed E-state index contributed by atoms with van der Waals surface area (Å²) in [4.78, 5) is 12.5. The van der Waals surface area contributed by atoms with Gasteiger partial charge in [0.1, 0.15) is 0 Å². The fraction of sp³-hybridized carbons (Fsp3) is 0.250. The molecule has 0 bridgehead atoms. The molecule has 0 amide bonds. The first-order valence-corrected chi connectivity index (χ1v) is 7.90. The molecular weight excluding hydrogens is 284 g/mol. The Morgan fingerprint density at radius 2 is 1.96 bits per heavy atom. The van der Waals surface area contributed by atoms with Gasteiger partial charge in [0.2, 0.25) is 0 Å². The average Bonchev–Trinajstić information content (AvgIpc) is 2.54. The molecule has 3 heteroatoms. The summed E-state index contributed by atoms with van der Waals surface area (Å²) in [6.45, 7) is 4.82. The van der Waals surface area contributed by atoms with E-state index < -0.39 is 0 Å². The first-order chi connectivity index (χ1) is 11.0. The molecule has 1 heterocycles. The Balaban J connectivity index is 2.03. The van der Waals surface area contributed by atoms with Crippen molar-refractivity contribution in [3.05, 3.63) is 76.9 Å². The minimum atomic E-state index is -0.0942. The molecule has 0 radical (unpaired) electrons. The van der Waals surface area contributed by atoms with Crippen LogP contribution >= 0.6 is 0 Å². The van der Waals surface area contributed by atoms with Gasteiger partial charge in [-0.3, -0.25) is 4.79 Å². The second-order valence-electron chi connectivity index (χ2n) is 6.67. The zero-order chi connectivity index (χ0) is 16.4. The zero-order valence-electron chi connectivity index (χ0n) is 13.6. The van der Waals surface area contributed by atoms with Gasteiger partial charge in [0.15, 0.2) is 5.78 Å². The number of rotatable bonds is 3. The molecule has 0 unspecified atom stereocenters. The van der Waals surface area contributed by atoms with E-state index in [4.69, 9.17) is 5.73 Å². The van der Waals surface area contributed by atoms with Gasteiger partial charge in [0.25, 0.3) is 0 Å². The Bertz CT molecular complexity index is 760. The summed E-state index contributed by atoms with van der Waals surface area (Å²) in [6, 6.07) is 15.6. The lowest BCUT2D eigenvalue weighted by Gasteiger charge is -2.36. The van der Waals surface area contributed by atoms with Gasteiger partial charge in [-0.2, -0.15) is 0 Å². The Kier molecular flexibility index (Phi) is 4.05. The highest BCUT2D eigenvalue weighted by atomic mass is 16.1. The van der Waals surface area contributed by atoms with Gasteiger partial charge in [-0.05, 0) is 31.4 Å². The van der Waals surface area contributed by atoms with Gasteiger partial charge in [-0.15, -0.1) is 0 Å². The molecule has 0 aromatic heterocycles. The van der Waals surface area contributed by atoms with Gasteiger partial charge in [-0.1, -0.05) is 48.5 Å². The highest BCUT2D eigenvalue weighted by molar-refractivity contribution is 6.08. The molecule has 118 valence electrons. The smallest absolute Gasteiger partial charge is 0.187 e. The summed E-state index contributed by atoms with van der Waals surface area (Å²) in [5.41, 5.74) is 10.7. The van der Waals surface area contributed by atoms with Gasteiger partial charge in [-0.25, -0.2) is 0 Å². The number of nitrogens with two attached hydrogens (primary N) is 1. The Morgan fingerprint density at radius 1 is 1.22 bits per heavy atom. The van der Waals surface area contributed by atoms with Crippen LogP contribution in [0.2, 0.25) is 0 Å². The van der Waals surface area contributed by atoms with E-state index >= 15 is 0 Å². The maximum Gasteiger partial charge on any atom is 0.187 e. The standard InChI is InChI=1S/C20H22N2O/c1-20(2)12-16-10-14(13-21)8-9-17(16)18(22-20)11-19(23)15-6-4-3-5-7-15/h3-11,22H,12-13,21H2,1-2H3. The van der Waals surface area contributed by atoms with E-state index in [1.54, 1.807) is 6.08 Å².